The largest absolute Gasteiger partial charge is 0.337 e. The van der Waals surface area contributed by atoms with Crippen LogP contribution < -0.4 is 0 Å². The van der Waals surface area contributed by atoms with Gasteiger partial charge in [-0.25, -0.2) is 0 Å². The highest BCUT2D eigenvalue weighted by atomic mass is 16.2. The molecule has 130 valence electrons. The molecule has 0 heterocycles. The van der Waals surface area contributed by atoms with Crippen molar-refractivity contribution in [3.05, 3.63) is 0 Å². The van der Waals surface area contributed by atoms with Crippen LogP contribution in [-0.4, -0.2) is 22.9 Å². The highest BCUT2D eigenvalue weighted by molar-refractivity contribution is 5.79. The number of amides is 1. The summed E-state index contributed by atoms with van der Waals surface area (Å²) >= 11 is 0. The molecule has 0 bridgehead atoms. The Bertz CT molecular complexity index is 280. The minimum Gasteiger partial charge on any atom is -0.337 e. The monoisotopic (exact) mass is 309 g/mol. The predicted molar refractivity (Wildman–Crippen MR) is 96.0 cm³/mol. The minimum atomic E-state index is 0.279. The average molecular weight is 310 g/mol. The fourth-order valence-corrected chi connectivity index (χ4v) is 3.71. The van der Waals surface area contributed by atoms with Crippen LogP contribution >= 0.6 is 0 Å². The van der Waals surface area contributed by atoms with Gasteiger partial charge < -0.3 is 4.90 Å². The van der Waals surface area contributed by atoms with Crippen LogP contribution in [0.4, 0.5) is 0 Å². The molecule has 0 N–H and O–H groups in total. The quantitative estimate of drug-likeness (QED) is 0.615. The lowest BCUT2D eigenvalue weighted by molar-refractivity contribution is -0.140. The van der Waals surface area contributed by atoms with Crippen molar-refractivity contribution in [2.75, 3.05) is 0 Å². The molecule has 2 nitrogen and oxygen atoms in total. The van der Waals surface area contributed by atoms with Gasteiger partial charge in [0.2, 0.25) is 5.91 Å². The lowest BCUT2D eigenvalue weighted by atomic mass is 9.92. The summed E-state index contributed by atoms with van der Waals surface area (Å²) in [5.41, 5.74) is 0. The molecule has 2 unspecified atom stereocenters. The summed E-state index contributed by atoms with van der Waals surface area (Å²) in [7, 11) is 0. The molecule has 0 aromatic rings. The highest BCUT2D eigenvalue weighted by Crippen LogP contribution is 2.25. The fraction of sp³-hybridized carbons (Fsp3) is 0.950. The Labute approximate surface area is 139 Å². The van der Waals surface area contributed by atoms with Gasteiger partial charge in [-0.1, -0.05) is 65.2 Å². The molecule has 2 atom stereocenters. The molecule has 1 aliphatic rings. The molecule has 1 fully saturated rings. The van der Waals surface area contributed by atoms with E-state index in [1.807, 2.05) is 0 Å². The van der Waals surface area contributed by atoms with Crippen molar-refractivity contribution in [3.63, 3.8) is 0 Å². The lowest BCUT2D eigenvalue weighted by Crippen LogP contribution is -2.47. The molecule has 22 heavy (non-hydrogen) atoms. The van der Waals surface area contributed by atoms with Crippen LogP contribution in [0.2, 0.25) is 0 Å². The second-order valence-corrected chi connectivity index (χ2v) is 7.36. The summed E-state index contributed by atoms with van der Waals surface area (Å²) in [4.78, 5) is 15.4. The number of hydrogen-bond acceptors (Lipinski definition) is 1. The Kier molecular flexibility index (Phi) is 9.82. The summed E-state index contributed by atoms with van der Waals surface area (Å²) < 4.78 is 0. The predicted octanol–water partition coefficient (Wildman–Crippen LogP) is 5.94. The molecule has 0 radical (unpaired) electrons. The van der Waals surface area contributed by atoms with Gasteiger partial charge in [0.05, 0.1) is 0 Å². The minimum absolute atomic E-state index is 0.279. The van der Waals surface area contributed by atoms with E-state index in [0.29, 0.717) is 18.0 Å². The molecular weight excluding hydrogens is 270 g/mol. The number of nitrogens with zero attached hydrogens (tertiary/aromatic N) is 1. The maximum Gasteiger partial charge on any atom is 0.226 e. The average Bonchev–Trinajstić information content (AvgIpc) is 2.59. The van der Waals surface area contributed by atoms with Gasteiger partial charge in [0.1, 0.15) is 0 Å². The van der Waals surface area contributed by atoms with Gasteiger partial charge in [-0.3, -0.25) is 4.79 Å². The maximum atomic E-state index is 13.2. The normalized spacial score (nSPS) is 21.6. The Balaban J connectivity index is 2.73. The zero-order valence-corrected chi connectivity index (χ0v) is 15.6. The second kappa shape index (κ2) is 11.1. The van der Waals surface area contributed by atoms with E-state index < -0.39 is 0 Å². The molecule has 0 spiro atoms. The lowest BCUT2D eigenvalue weighted by Gasteiger charge is -2.37. The standard InChI is InChI=1S/C20H39NO/c1-5-17(3)21(18(4)6-2)20(22)19-15-13-11-9-7-8-10-12-14-16-19/h17-19H,5-16H2,1-4H3. The van der Waals surface area contributed by atoms with Crippen LogP contribution in [0, 0.1) is 5.92 Å². The van der Waals surface area contributed by atoms with Gasteiger partial charge in [0, 0.05) is 18.0 Å². The first kappa shape index (κ1) is 19.5. The molecule has 0 aliphatic heterocycles. The Morgan fingerprint density at radius 1 is 0.818 bits per heavy atom. The van der Waals surface area contributed by atoms with Gasteiger partial charge in [-0.15, -0.1) is 0 Å². The molecular formula is C20H39NO. The summed E-state index contributed by atoms with van der Waals surface area (Å²) in [6.45, 7) is 8.83. The fourth-order valence-electron chi connectivity index (χ4n) is 3.71. The first-order chi connectivity index (χ1) is 10.6. The third-order valence-electron chi connectivity index (χ3n) is 5.59. The van der Waals surface area contributed by atoms with Crippen molar-refractivity contribution in [1.29, 1.82) is 0 Å². The number of carbonyl (C=O) groups excluding carboxylic acids is 1. The molecule has 0 saturated heterocycles. The summed E-state index contributed by atoms with van der Waals surface area (Å²) in [6, 6.07) is 0.751. The molecule has 1 rings (SSSR count). The first-order valence-electron chi connectivity index (χ1n) is 9.93. The van der Waals surface area contributed by atoms with Crippen molar-refractivity contribution in [2.24, 2.45) is 5.92 Å². The van der Waals surface area contributed by atoms with E-state index in [-0.39, 0.29) is 5.92 Å². The molecule has 1 saturated carbocycles. The van der Waals surface area contributed by atoms with Crippen molar-refractivity contribution in [2.45, 2.75) is 117 Å². The summed E-state index contributed by atoms with van der Waals surface area (Å²) in [6.07, 6.45) is 15.0. The number of hydrogen-bond donors (Lipinski definition) is 0. The molecule has 1 amide bonds. The van der Waals surface area contributed by atoms with E-state index in [0.717, 1.165) is 25.7 Å². The van der Waals surface area contributed by atoms with E-state index >= 15 is 0 Å². The first-order valence-corrected chi connectivity index (χ1v) is 9.93. The van der Waals surface area contributed by atoms with Crippen LogP contribution in [0.1, 0.15) is 105 Å². The zero-order chi connectivity index (χ0) is 16.4. The topological polar surface area (TPSA) is 20.3 Å². The van der Waals surface area contributed by atoms with Gasteiger partial charge in [0.25, 0.3) is 0 Å². The Hall–Kier alpha value is -0.530. The van der Waals surface area contributed by atoms with Crippen LogP contribution in [0.25, 0.3) is 0 Å². The molecule has 1 aliphatic carbocycles. The number of rotatable bonds is 5. The summed E-state index contributed by atoms with van der Waals surface area (Å²) in [5, 5.41) is 0. The van der Waals surface area contributed by atoms with Crippen molar-refractivity contribution in [3.8, 4) is 0 Å². The Morgan fingerprint density at radius 3 is 1.55 bits per heavy atom. The maximum absolute atomic E-state index is 13.2. The molecule has 0 aromatic heterocycles. The van der Waals surface area contributed by atoms with E-state index in [2.05, 4.69) is 32.6 Å². The third-order valence-corrected chi connectivity index (χ3v) is 5.59. The van der Waals surface area contributed by atoms with Gasteiger partial charge in [-0.05, 0) is 39.5 Å². The highest BCUT2D eigenvalue weighted by Gasteiger charge is 2.29. The smallest absolute Gasteiger partial charge is 0.226 e. The van der Waals surface area contributed by atoms with Gasteiger partial charge >= 0.3 is 0 Å². The zero-order valence-electron chi connectivity index (χ0n) is 15.6. The number of carbonyl (C=O) groups is 1. The van der Waals surface area contributed by atoms with Crippen LogP contribution in [0.5, 0.6) is 0 Å². The van der Waals surface area contributed by atoms with Crippen LogP contribution in [0.15, 0.2) is 0 Å². The third kappa shape index (κ3) is 6.30. The molecule has 0 aromatic carbocycles. The van der Waals surface area contributed by atoms with Crippen LogP contribution in [-0.2, 0) is 4.79 Å². The second-order valence-electron chi connectivity index (χ2n) is 7.36. The van der Waals surface area contributed by atoms with Gasteiger partial charge in [0.15, 0.2) is 0 Å². The van der Waals surface area contributed by atoms with E-state index in [4.69, 9.17) is 0 Å². The SMILES string of the molecule is CCC(C)N(C(=O)C1CCCCCCCCCC1)C(C)CC. The van der Waals surface area contributed by atoms with E-state index in [1.165, 1.54) is 51.4 Å². The Morgan fingerprint density at radius 2 is 1.18 bits per heavy atom. The van der Waals surface area contributed by atoms with Crippen molar-refractivity contribution < 1.29 is 4.79 Å². The van der Waals surface area contributed by atoms with Crippen molar-refractivity contribution >= 4 is 5.91 Å². The summed E-state index contributed by atoms with van der Waals surface area (Å²) in [5.74, 6) is 0.726. The van der Waals surface area contributed by atoms with Crippen molar-refractivity contribution in [1.82, 2.24) is 4.90 Å². The van der Waals surface area contributed by atoms with E-state index in [1.54, 1.807) is 0 Å². The van der Waals surface area contributed by atoms with E-state index in [9.17, 15) is 4.79 Å². The van der Waals surface area contributed by atoms with Crippen LogP contribution in [0.3, 0.4) is 0 Å². The van der Waals surface area contributed by atoms with Gasteiger partial charge in [-0.2, -0.15) is 0 Å². The molecule has 2 heteroatoms.